The second kappa shape index (κ2) is 5.76. The van der Waals surface area contributed by atoms with E-state index in [0.29, 0.717) is 15.6 Å². The molecule has 0 aliphatic heterocycles. The summed E-state index contributed by atoms with van der Waals surface area (Å²) in [5.41, 5.74) is 6.59. The molecule has 3 nitrogen and oxygen atoms in total. The highest BCUT2D eigenvalue weighted by molar-refractivity contribution is 6.31. The minimum absolute atomic E-state index is 0.257. The topological polar surface area (TPSA) is 41.1 Å². The van der Waals surface area contributed by atoms with E-state index in [-0.39, 0.29) is 5.91 Å². The van der Waals surface area contributed by atoms with Crippen LogP contribution in [0.2, 0.25) is 10.0 Å². The summed E-state index contributed by atoms with van der Waals surface area (Å²) in [6.45, 7) is 0. The van der Waals surface area contributed by atoms with Crippen LogP contribution in [0.15, 0.2) is 48.5 Å². The van der Waals surface area contributed by atoms with E-state index >= 15 is 0 Å². The number of nitrogens with one attached hydrogen (secondary N) is 2. The highest BCUT2D eigenvalue weighted by Crippen LogP contribution is 2.13. The lowest BCUT2D eigenvalue weighted by atomic mass is 10.2. The third-order valence-electron chi connectivity index (χ3n) is 2.25. The van der Waals surface area contributed by atoms with E-state index in [1.54, 1.807) is 48.5 Å². The summed E-state index contributed by atoms with van der Waals surface area (Å²) in [5.74, 6) is -0.257. The fourth-order valence-electron chi connectivity index (χ4n) is 1.36. The maximum Gasteiger partial charge on any atom is 0.269 e. The lowest BCUT2D eigenvalue weighted by Gasteiger charge is -2.08. The van der Waals surface area contributed by atoms with E-state index in [0.717, 1.165) is 5.69 Å². The predicted molar refractivity (Wildman–Crippen MR) is 74.0 cm³/mol. The first-order chi connectivity index (χ1) is 8.65. The van der Waals surface area contributed by atoms with E-state index in [1.165, 1.54) is 0 Å². The smallest absolute Gasteiger partial charge is 0.269 e. The molecule has 0 radical (unpaired) electrons. The number of hydrazine groups is 1. The van der Waals surface area contributed by atoms with Crippen molar-refractivity contribution in [3.8, 4) is 0 Å². The first kappa shape index (κ1) is 12.7. The van der Waals surface area contributed by atoms with Crippen LogP contribution in [0.25, 0.3) is 0 Å². The Kier molecular flexibility index (Phi) is 4.07. The SMILES string of the molecule is O=C(NNc1ccc(Cl)cc1)c1cccc(Cl)c1. The zero-order valence-electron chi connectivity index (χ0n) is 9.28. The molecule has 0 saturated heterocycles. The van der Waals surface area contributed by atoms with Gasteiger partial charge >= 0.3 is 0 Å². The Labute approximate surface area is 115 Å². The van der Waals surface area contributed by atoms with Crippen molar-refractivity contribution < 1.29 is 4.79 Å². The van der Waals surface area contributed by atoms with Crippen LogP contribution in [0.5, 0.6) is 0 Å². The van der Waals surface area contributed by atoms with E-state index in [4.69, 9.17) is 23.2 Å². The number of rotatable bonds is 3. The molecule has 2 aromatic carbocycles. The van der Waals surface area contributed by atoms with E-state index in [1.807, 2.05) is 0 Å². The maximum absolute atomic E-state index is 11.8. The number of amides is 1. The minimum atomic E-state index is -0.257. The summed E-state index contributed by atoms with van der Waals surface area (Å²) >= 11 is 11.6. The van der Waals surface area contributed by atoms with Crippen LogP contribution in [0.3, 0.4) is 0 Å². The van der Waals surface area contributed by atoms with Crippen molar-refractivity contribution in [3.05, 3.63) is 64.1 Å². The number of hydrogen-bond acceptors (Lipinski definition) is 2. The van der Waals surface area contributed by atoms with Gasteiger partial charge in [-0.3, -0.25) is 15.6 Å². The Bertz CT molecular complexity index is 555. The van der Waals surface area contributed by atoms with Gasteiger partial charge in [-0.1, -0.05) is 29.3 Å². The van der Waals surface area contributed by atoms with Crippen LogP contribution < -0.4 is 10.9 Å². The lowest BCUT2D eigenvalue weighted by molar-refractivity contribution is 0.0962. The zero-order valence-corrected chi connectivity index (χ0v) is 10.8. The molecule has 1 amide bonds. The molecular weight excluding hydrogens is 271 g/mol. The molecule has 0 atom stereocenters. The molecule has 0 saturated carbocycles. The van der Waals surface area contributed by atoms with Gasteiger partial charge in [-0.25, -0.2) is 0 Å². The molecule has 0 aromatic heterocycles. The van der Waals surface area contributed by atoms with Crippen molar-refractivity contribution in [1.29, 1.82) is 0 Å². The summed E-state index contributed by atoms with van der Waals surface area (Å²) < 4.78 is 0. The molecule has 18 heavy (non-hydrogen) atoms. The Morgan fingerprint density at radius 1 is 0.944 bits per heavy atom. The molecule has 0 bridgehead atoms. The predicted octanol–water partition coefficient (Wildman–Crippen LogP) is 3.75. The molecule has 0 aliphatic carbocycles. The van der Waals surface area contributed by atoms with Gasteiger partial charge in [0, 0.05) is 15.6 Å². The Morgan fingerprint density at radius 3 is 2.33 bits per heavy atom. The largest absolute Gasteiger partial charge is 0.298 e. The normalized spacial score (nSPS) is 9.89. The second-order valence-corrected chi connectivity index (χ2v) is 4.47. The van der Waals surface area contributed by atoms with Crippen LogP contribution in [0, 0.1) is 0 Å². The Hall–Kier alpha value is -1.71. The average molecular weight is 281 g/mol. The second-order valence-electron chi connectivity index (χ2n) is 3.60. The van der Waals surface area contributed by atoms with Crippen molar-refractivity contribution >= 4 is 34.8 Å². The quantitative estimate of drug-likeness (QED) is 0.841. The van der Waals surface area contributed by atoms with E-state index < -0.39 is 0 Å². The molecule has 2 rings (SSSR count). The van der Waals surface area contributed by atoms with Gasteiger partial charge in [0.15, 0.2) is 0 Å². The maximum atomic E-state index is 11.8. The van der Waals surface area contributed by atoms with E-state index in [9.17, 15) is 4.79 Å². The van der Waals surface area contributed by atoms with Gasteiger partial charge in [0.1, 0.15) is 0 Å². The number of benzene rings is 2. The van der Waals surface area contributed by atoms with Crippen LogP contribution in [0.1, 0.15) is 10.4 Å². The third kappa shape index (κ3) is 3.39. The van der Waals surface area contributed by atoms with Crippen molar-refractivity contribution in [3.63, 3.8) is 0 Å². The molecule has 5 heteroatoms. The summed E-state index contributed by atoms with van der Waals surface area (Å²) in [5, 5.41) is 1.16. The van der Waals surface area contributed by atoms with Crippen molar-refractivity contribution in [2.75, 3.05) is 5.43 Å². The van der Waals surface area contributed by atoms with Crippen molar-refractivity contribution in [2.45, 2.75) is 0 Å². The van der Waals surface area contributed by atoms with Crippen LogP contribution in [-0.4, -0.2) is 5.91 Å². The number of hydrogen-bond donors (Lipinski definition) is 2. The highest BCUT2D eigenvalue weighted by atomic mass is 35.5. The van der Waals surface area contributed by atoms with Gasteiger partial charge in [-0.15, -0.1) is 0 Å². The van der Waals surface area contributed by atoms with Gasteiger partial charge in [0.25, 0.3) is 5.91 Å². The molecular formula is C13H10Cl2N2O. The molecule has 0 aliphatic rings. The molecule has 0 fully saturated rings. The summed E-state index contributed by atoms with van der Waals surface area (Å²) in [6.07, 6.45) is 0. The molecule has 92 valence electrons. The van der Waals surface area contributed by atoms with Gasteiger partial charge in [-0.2, -0.15) is 0 Å². The Morgan fingerprint density at radius 2 is 1.67 bits per heavy atom. The van der Waals surface area contributed by atoms with Gasteiger partial charge in [0.05, 0.1) is 5.69 Å². The van der Waals surface area contributed by atoms with Crippen LogP contribution >= 0.6 is 23.2 Å². The molecule has 0 unspecified atom stereocenters. The lowest BCUT2D eigenvalue weighted by Crippen LogP contribution is -2.29. The monoisotopic (exact) mass is 280 g/mol. The fraction of sp³-hybridized carbons (Fsp3) is 0. The standard InChI is InChI=1S/C13H10Cl2N2O/c14-10-4-6-12(7-5-10)16-17-13(18)9-2-1-3-11(15)8-9/h1-8,16H,(H,17,18). The summed E-state index contributed by atoms with van der Waals surface area (Å²) in [4.78, 5) is 11.8. The average Bonchev–Trinajstić information content (AvgIpc) is 2.38. The third-order valence-corrected chi connectivity index (χ3v) is 2.74. The molecule has 0 spiro atoms. The first-order valence-electron chi connectivity index (χ1n) is 5.22. The molecule has 2 aromatic rings. The van der Waals surface area contributed by atoms with Gasteiger partial charge in [-0.05, 0) is 42.5 Å². The summed E-state index contributed by atoms with van der Waals surface area (Å²) in [7, 11) is 0. The molecule has 2 N–H and O–H groups in total. The van der Waals surface area contributed by atoms with Crippen LogP contribution in [0.4, 0.5) is 5.69 Å². The van der Waals surface area contributed by atoms with Gasteiger partial charge in [0.2, 0.25) is 0 Å². The number of carbonyl (C=O) groups excluding carboxylic acids is 1. The first-order valence-corrected chi connectivity index (χ1v) is 5.98. The van der Waals surface area contributed by atoms with Gasteiger partial charge < -0.3 is 0 Å². The summed E-state index contributed by atoms with van der Waals surface area (Å²) in [6, 6.07) is 13.7. The minimum Gasteiger partial charge on any atom is -0.298 e. The van der Waals surface area contributed by atoms with Crippen molar-refractivity contribution in [1.82, 2.24) is 5.43 Å². The highest BCUT2D eigenvalue weighted by Gasteiger charge is 2.04. The fourth-order valence-corrected chi connectivity index (χ4v) is 1.68. The van der Waals surface area contributed by atoms with E-state index in [2.05, 4.69) is 10.9 Å². The number of anilines is 1. The van der Waals surface area contributed by atoms with Crippen LogP contribution in [-0.2, 0) is 0 Å². The number of halogens is 2. The Balaban J connectivity index is 1.98. The molecule has 0 heterocycles. The van der Waals surface area contributed by atoms with Crippen molar-refractivity contribution in [2.24, 2.45) is 0 Å². The zero-order chi connectivity index (χ0) is 13.0. The number of carbonyl (C=O) groups is 1.